The molecule has 19 heavy (non-hydrogen) atoms. The van der Waals surface area contributed by atoms with Crippen LogP contribution in [0.5, 0.6) is 0 Å². The Kier molecular flexibility index (Phi) is 3.09. The average Bonchev–Trinajstić information content (AvgIpc) is 2.57. The van der Waals surface area contributed by atoms with Crippen LogP contribution in [0.4, 0.5) is 0 Å². The number of nitriles is 1. The summed E-state index contributed by atoms with van der Waals surface area (Å²) in [6.45, 7) is 1.21. The lowest BCUT2D eigenvalue weighted by atomic mass is 10.1. The molecule has 3 rings (SSSR count). The summed E-state index contributed by atoms with van der Waals surface area (Å²) in [6, 6.07) is 2.32. The van der Waals surface area contributed by atoms with Crippen LogP contribution in [0.15, 0.2) is 0 Å². The number of H-pyrrole nitrogens is 1. The van der Waals surface area contributed by atoms with Gasteiger partial charge in [0.2, 0.25) is 0 Å². The summed E-state index contributed by atoms with van der Waals surface area (Å²) in [5.41, 5.74) is 9.11. The van der Waals surface area contributed by atoms with Crippen molar-refractivity contribution in [1.82, 2.24) is 14.5 Å². The van der Waals surface area contributed by atoms with Crippen LogP contribution < -0.4 is 5.73 Å². The quantitative estimate of drug-likeness (QED) is 0.780. The van der Waals surface area contributed by atoms with Crippen molar-refractivity contribution in [2.24, 2.45) is 5.73 Å². The maximum absolute atomic E-state index is 9.46. The van der Waals surface area contributed by atoms with Crippen LogP contribution in [-0.2, 0) is 19.5 Å². The lowest BCUT2D eigenvalue weighted by Crippen LogP contribution is -2.05. The van der Waals surface area contributed by atoms with Crippen molar-refractivity contribution in [1.29, 1.82) is 5.26 Å². The van der Waals surface area contributed by atoms with E-state index in [0.29, 0.717) is 22.6 Å². The molecule has 3 N–H and O–H groups in total. The maximum atomic E-state index is 9.46. The molecular formula is C13H15N5S. The second kappa shape index (κ2) is 4.76. The standard InChI is InChI=1S/C13H15N5S/c14-6-8-9-4-2-1-3-5-18(9)12-11(8)16-10(7-15)17-13(12)19/h1-5,7,15H2,(H,16,17,19). The largest absolute Gasteiger partial charge is 0.340 e. The fraction of sp³-hybridized carbons (Fsp3) is 0.462. The highest BCUT2D eigenvalue weighted by Gasteiger charge is 2.20. The van der Waals surface area contributed by atoms with Crippen LogP contribution in [0, 0.1) is 16.0 Å². The van der Waals surface area contributed by atoms with Crippen LogP contribution in [0.3, 0.4) is 0 Å². The molecule has 1 aliphatic rings. The molecule has 0 saturated carbocycles. The average molecular weight is 273 g/mol. The van der Waals surface area contributed by atoms with Crippen LogP contribution in [0.1, 0.15) is 36.3 Å². The van der Waals surface area contributed by atoms with E-state index in [1.165, 1.54) is 6.42 Å². The fourth-order valence-electron chi connectivity index (χ4n) is 2.82. The zero-order valence-corrected chi connectivity index (χ0v) is 11.4. The van der Waals surface area contributed by atoms with Gasteiger partial charge in [0, 0.05) is 12.2 Å². The minimum Gasteiger partial charge on any atom is -0.340 e. The third-order valence-corrected chi connectivity index (χ3v) is 3.96. The van der Waals surface area contributed by atoms with E-state index in [4.69, 9.17) is 18.0 Å². The summed E-state index contributed by atoms with van der Waals surface area (Å²) in [5, 5.41) is 9.46. The summed E-state index contributed by atoms with van der Waals surface area (Å²) < 4.78 is 2.71. The van der Waals surface area contributed by atoms with E-state index in [1.807, 2.05) is 0 Å². The molecule has 1 aliphatic heterocycles. The molecule has 0 atom stereocenters. The Hall–Kier alpha value is -1.71. The molecule has 0 unspecified atom stereocenters. The third-order valence-electron chi connectivity index (χ3n) is 3.68. The number of hydrogen-bond donors (Lipinski definition) is 2. The summed E-state index contributed by atoms with van der Waals surface area (Å²) in [5.74, 6) is 0.634. The lowest BCUT2D eigenvalue weighted by Gasteiger charge is -2.05. The summed E-state index contributed by atoms with van der Waals surface area (Å²) >= 11 is 5.38. The van der Waals surface area contributed by atoms with Gasteiger partial charge < -0.3 is 15.3 Å². The predicted molar refractivity (Wildman–Crippen MR) is 75.1 cm³/mol. The number of aromatic amines is 1. The van der Waals surface area contributed by atoms with Gasteiger partial charge in [-0.05, 0) is 19.3 Å². The van der Waals surface area contributed by atoms with Gasteiger partial charge in [-0.15, -0.1) is 0 Å². The first-order valence-electron chi connectivity index (χ1n) is 6.50. The molecule has 0 saturated heterocycles. The van der Waals surface area contributed by atoms with E-state index in [2.05, 4.69) is 20.6 Å². The molecule has 2 aromatic rings. The minimum atomic E-state index is 0.297. The monoisotopic (exact) mass is 273 g/mol. The minimum absolute atomic E-state index is 0.297. The van der Waals surface area contributed by atoms with Crippen molar-refractivity contribution in [2.45, 2.75) is 38.8 Å². The van der Waals surface area contributed by atoms with Crippen LogP contribution in [-0.4, -0.2) is 14.5 Å². The fourth-order valence-corrected chi connectivity index (χ4v) is 3.14. The number of rotatable bonds is 1. The molecule has 5 nitrogen and oxygen atoms in total. The highest BCUT2D eigenvalue weighted by Crippen LogP contribution is 2.28. The Balaban J connectivity index is 2.42. The Labute approximate surface area is 116 Å². The van der Waals surface area contributed by atoms with E-state index in [1.54, 1.807) is 0 Å². The highest BCUT2D eigenvalue weighted by atomic mass is 32.1. The molecular weight excluding hydrogens is 258 g/mol. The first kappa shape index (κ1) is 12.3. The second-order valence-corrected chi connectivity index (χ2v) is 5.20. The summed E-state index contributed by atoms with van der Waals surface area (Å²) in [7, 11) is 0. The molecule has 0 bridgehead atoms. The molecule has 2 aromatic heterocycles. The molecule has 0 spiro atoms. The SMILES string of the molecule is N#Cc1c2n(c3c(=S)nc(CN)[nH]c13)CCCCC2. The maximum Gasteiger partial charge on any atom is 0.154 e. The molecule has 0 aliphatic carbocycles. The highest BCUT2D eigenvalue weighted by molar-refractivity contribution is 7.71. The van der Waals surface area contributed by atoms with Crippen molar-refractivity contribution < 1.29 is 0 Å². The molecule has 3 heterocycles. The van der Waals surface area contributed by atoms with Crippen molar-refractivity contribution in [3.63, 3.8) is 0 Å². The van der Waals surface area contributed by atoms with E-state index < -0.39 is 0 Å². The first-order valence-corrected chi connectivity index (χ1v) is 6.91. The van der Waals surface area contributed by atoms with Gasteiger partial charge in [0.05, 0.1) is 17.6 Å². The normalized spacial score (nSPS) is 14.9. The predicted octanol–water partition coefficient (Wildman–Crippen LogP) is 2.15. The topological polar surface area (TPSA) is 83.4 Å². The van der Waals surface area contributed by atoms with Gasteiger partial charge in [-0.25, -0.2) is 4.98 Å². The van der Waals surface area contributed by atoms with Gasteiger partial charge in [-0.1, -0.05) is 18.6 Å². The first-order chi connectivity index (χ1) is 9.26. The Morgan fingerprint density at radius 3 is 3.00 bits per heavy atom. The zero-order valence-electron chi connectivity index (χ0n) is 10.6. The Morgan fingerprint density at radius 2 is 2.26 bits per heavy atom. The molecule has 0 radical (unpaired) electrons. The van der Waals surface area contributed by atoms with Crippen molar-refractivity contribution in [3.05, 3.63) is 21.7 Å². The van der Waals surface area contributed by atoms with E-state index >= 15 is 0 Å². The second-order valence-electron chi connectivity index (χ2n) is 4.81. The van der Waals surface area contributed by atoms with Crippen LogP contribution in [0.2, 0.25) is 0 Å². The molecule has 6 heteroatoms. The van der Waals surface area contributed by atoms with Gasteiger partial charge in [-0.2, -0.15) is 5.26 Å². The number of nitrogens with zero attached hydrogens (tertiary/aromatic N) is 3. The summed E-state index contributed by atoms with van der Waals surface area (Å²) in [4.78, 5) is 7.48. The molecule has 0 aromatic carbocycles. The number of aryl methyl sites for hydroxylation is 1. The van der Waals surface area contributed by atoms with Crippen molar-refractivity contribution in [2.75, 3.05) is 0 Å². The van der Waals surface area contributed by atoms with Gasteiger partial charge in [-0.3, -0.25) is 0 Å². The van der Waals surface area contributed by atoms with E-state index in [-0.39, 0.29) is 0 Å². The number of aromatic nitrogens is 3. The summed E-state index contributed by atoms with van der Waals surface area (Å²) in [6.07, 6.45) is 4.36. The van der Waals surface area contributed by atoms with Crippen LogP contribution in [0.25, 0.3) is 11.0 Å². The van der Waals surface area contributed by atoms with Crippen LogP contribution >= 0.6 is 12.2 Å². The zero-order chi connectivity index (χ0) is 13.4. The molecule has 98 valence electrons. The van der Waals surface area contributed by atoms with Gasteiger partial charge in [0.25, 0.3) is 0 Å². The van der Waals surface area contributed by atoms with Gasteiger partial charge in [0.1, 0.15) is 17.4 Å². The lowest BCUT2D eigenvalue weighted by molar-refractivity contribution is 0.647. The molecule has 0 amide bonds. The van der Waals surface area contributed by atoms with Gasteiger partial charge in [0.15, 0.2) is 4.64 Å². The van der Waals surface area contributed by atoms with Gasteiger partial charge >= 0.3 is 0 Å². The van der Waals surface area contributed by atoms with Crippen molar-refractivity contribution >= 4 is 23.3 Å². The smallest absolute Gasteiger partial charge is 0.154 e. The third kappa shape index (κ3) is 1.86. The number of hydrogen-bond acceptors (Lipinski definition) is 4. The Bertz CT molecular complexity index is 734. The van der Waals surface area contributed by atoms with E-state index in [0.717, 1.165) is 42.5 Å². The van der Waals surface area contributed by atoms with E-state index in [9.17, 15) is 5.26 Å². The number of nitrogens with one attached hydrogen (secondary N) is 1. The number of fused-ring (bicyclic) bond motifs is 3. The van der Waals surface area contributed by atoms with Crippen molar-refractivity contribution in [3.8, 4) is 6.07 Å². The Morgan fingerprint density at radius 1 is 1.42 bits per heavy atom. The number of nitrogens with two attached hydrogens (primary N) is 1. The molecule has 0 fully saturated rings.